The van der Waals surface area contributed by atoms with E-state index in [2.05, 4.69) is 4.98 Å². The number of nitrogens with two attached hydrogens (primary N) is 1. The van der Waals surface area contributed by atoms with Gasteiger partial charge in [0.25, 0.3) is 5.91 Å². The van der Waals surface area contributed by atoms with E-state index in [0.717, 1.165) is 45.6 Å². The van der Waals surface area contributed by atoms with Gasteiger partial charge in [0.05, 0.1) is 5.56 Å². The van der Waals surface area contributed by atoms with E-state index in [-0.39, 0.29) is 11.3 Å². The smallest absolute Gasteiger partial charge is 0.257 e. The second-order valence-corrected chi connectivity index (χ2v) is 5.55. The van der Waals surface area contributed by atoms with Crippen LogP contribution in [0.15, 0.2) is 18.5 Å². The molecule has 5 nitrogen and oxygen atoms in total. The van der Waals surface area contributed by atoms with Gasteiger partial charge in [0.15, 0.2) is 0 Å². The van der Waals surface area contributed by atoms with Crippen molar-refractivity contribution < 1.29 is 9.53 Å². The topological polar surface area (TPSA) is 68.5 Å². The van der Waals surface area contributed by atoms with Crippen LogP contribution in [0.4, 0.5) is 5.69 Å². The number of carbonyl (C=O) groups is 1. The standard InChI is InChI=1S/C14H19N3O2/c15-12-1-5-16-9-11(12)13(18)17-6-2-14(10-17)3-7-19-8-4-14/h1,5,9H,2-4,6-8,10H2,(H2,15,16). The summed E-state index contributed by atoms with van der Waals surface area (Å²) >= 11 is 0. The first-order valence-electron chi connectivity index (χ1n) is 6.77. The number of amides is 1. The van der Waals surface area contributed by atoms with E-state index >= 15 is 0 Å². The molecule has 0 unspecified atom stereocenters. The predicted octanol–water partition coefficient (Wildman–Crippen LogP) is 1.31. The number of aromatic nitrogens is 1. The summed E-state index contributed by atoms with van der Waals surface area (Å²) in [5.74, 6) is 0.00830. The van der Waals surface area contributed by atoms with Crippen LogP contribution in [0.25, 0.3) is 0 Å². The first kappa shape index (κ1) is 12.4. The highest BCUT2D eigenvalue weighted by Gasteiger charge is 2.41. The van der Waals surface area contributed by atoms with Crippen molar-refractivity contribution in [1.82, 2.24) is 9.88 Å². The van der Waals surface area contributed by atoms with Crippen molar-refractivity contribution in [1.29, 1.82) is 0 Å². The van der Waals surface area contributed by atoms with Crippen LogP contribution >= 0.6 is 0 Å². The number of hydrogen-bond acceptors (Lipinski definition) is 4. The van der Waals surface area contributed by atoms with Gasteiger partial charge in [0.1, 0.15) is 0 Å². The normalized spacial score (nSPS) is 21.8. The quantitative estimate of drug-likeness (QED) is 0.827. The summed E-state index contributed by atoms with van der Waals surface area (Å²) in [6.45, 7) is 3.27. The molecule has 0 bridgehead atoms. The van der Waals surface area contributed by atoms with E-state index in [0.29, 0.717) is 11.3 Å². The van der Waals surface area contributed by atoms with Crippen molar-refractivity contribution in [3.05, 3.63) is 24.0 Å². The lowest BCUT2D eigenvalue weighted by Gasteiger charge is -2.33. The molecule has 1 spiro atoms. The lowest BCUT2D eigenvalue weighted by atomic mass is 9.80. The average Bonchev–Trinajstić information content (AvgIpc) is 2.83. The second kappa shape index (κ2) is 4.81. The molecule has 5 heteroatoms. The molecule has 2 aliphatic rings. The molecule has 0 saturated carbocycles. The van der Waals surface area contributed by atoms with E-state index in [1.54, 1.807) is 18.5 Å². The third-order valence-electron chi connectivity index (χ3n) is 4.36. The molecule has 2 N–H and O–H groups in total. The molecule has 3 heterocycles. The van der Waals surface area contributed by atoms with Gasteiger partial charge in [-0.15, -0.1) is 0 Å². The van der Waals surface area contributed by atoms with Crippen molar-refractivity contribution in [2.45, 2.75) is 19.3 Å². The Labute approximate surface area is 112 Å². The SMILES string of the molecule is Nc1ccncc1C(=O)N1CCC2(CCOCC2)C1. The fourth-order valence-electron chi connectivity index (χ4n) is 3.08. The molecule has 0 atom stereocenters. The minimum Gasteiger partial charge on any atom is -0.398 e. The molecular formula is C14H19N3O2. The first-order valence-corrected chi connectivity index (χ1v) is 6.77. The molecule has 3 rings (SSSR count). The van der Waals surface area contributed by atoms with Gasteiger partial charge in [-0.25, -0.2) is 0 Å². The van der Waals surface area contributed by atoms with Gasteiger partial charge in [-0.3, -0.25) is 9.78 Å². The summed E-state index contributed by atoms with van der Waals surface area (Å²) in [7, 11) is 0. The zero-order chi connectivity index (χ0) is 13.3. The van der Waals surface area contributed by atoms with Gasteiger partial charge in [-0.05, 0) is 30.7 Å². The first-order chi connectivity index (χ1) is 9.20. The zero-order valence-electron chi connectivity index (χ0n) is 11.0. The summed E-state index contributed by atoms with van der Waals surface area (Å²) in [6, 6.07) is 1.67. The van der Waals surface area contributed by atoms with E-state index in [1.165, 1.54) is 0 Å². The summed E-state index contributed by atoms with van der Waals surface area (Å²) in [6.07, 6.45) is 6.35. The molecule has 2 fully saturated rings. The van der Waals surface area contributed by atoms with Crippen LogP contribution in [-0.4, -0.2) is 42.1 Å². The number of hydrogen-bond donors (Lipinski definition) is 1. The molecule has 1 aromatic rings. The minimum atomic E-state index is 0.00830. The number of anilines is 1. The van der Waals surface area contributed by atoms with Crippen LogP contribution in [0.2, 0.25) is 0 Å². The lowest BCUT2D eigenvalue weighted by molar-refractivity contribution is 0.0191. The predicted molar refractivity (Wildman–Crippen MR) is 71.7 cm³/mol. The third kappa shape index (κ3) is 2.30. The summed E-state index contributed by atoms with van der Waals surface area (Å²) < 4.78 is 5.42. The van der Waals surface area contributed by atoms with E-state index in [4.69, 9.17) is 10.5 Å². The molecule has 0 aliphatic carbocycles. The van der Waals surface area contributed by atoms with Crippen LogP contribution in [0.3, 0.4) is 0 Å². The number of ether oxygens (including phenoxy) is 1. The highest BCUT2D eigenvalue weighted by Crippen LogP contribution is 2.40. The molecule has 2 aliphatic heterocycles. The van der Waals surface area contributed by atoms with E-state index < -0.39 is 0 Å². The molecule has 1 aromatic heterocycles. The summed E-state index contributed by atoms with van der Waals surface area (Å²) in [5, 5.41) is 0. The Morgan fingerprint density at radius 1 is 1.37 bits per heavy atom. The van der Waals surface area contributed by atoms with Crippen molar-refractivity contribution in [3.63, 3.8) is 0 Å². The zero-order valence-corrected chi connectivity index (χ0v) is 11.0. The Bertz CT molecular complexity index is 483. The number of likely N-dealkylation sites (tertiary alicyclic amines) is 1. The highest BCUT2D eigenvalue weighted by atomic mass is 16.5. The molecule has 0 aromatic carbocycles. The van der Waals surface area contributed by atoms with Crippen LogP contribution < -0.4 is 5.73 Å². The van der Waals surface area contributed by atoms with Gasteiger partial charge in [0.2, 0.25) is 0 Å². The molecule has 0 radical (unpaired) electrons. The monoisotopic (exact) mass is 261 g/mol. The maximum absolute atomic E-state index is 12.5. The van der Waals surface area contributed by atoms with Gasteiger partial charge in [0, 0.05) is 44.4 Å². The van der Waals surface area contributed by atoms with E-state index in [9.17, 15) is 4.79 Å². The number of carbonyl (C=O) groups excluding carboxylic acids is 1. The van der Waals surface area contributed by atoms with Gasteiger partial charge in [-0.2, -0.15) is 0 Å². The molecule has 2 saturated heterocycles. The molecular weight excluding hydrogens is 242 g/mol. The molecule has 1 amide bonds. The van der Waals surface area contributed by atoms with Crippen molar-refractivity contribution in [2.24, 2.45) is 5.41 Å². The Hall–Kier alpha value is -1.62. The van der Waals surface area contributed by atoms with Crippen LogP contribution in [0.5, 0.6) is 0 Å². The summed E-state index contributed by atoms with van der Waals surface area (Å²) in [5.41, 5.74) is 7.15. The lowest BCUT2D eigenvalue weighted by Crippen LogP contribution is -2.35. The van der Waals surface area contributed by atoms with Crippen LogP contribution in [0, 0.1) is 5.41 Å². The molecule has 102 valence electrons. The van der Waals surface area contributed by atoms with Gasteiger partial charge < -0.3 is 15.4 Å². The van der Waals surface area contributed by atoms with Crippen LogP contribution in [0.1, 0.15) is 29.6 Å². The maximum Gasteiger partial charge on any atom is 0.257 e. The number of pyridine rings is 1. The second-order valence-electron chi connectivity index (χ2n) is 5.55. The Balaban J connectivity index is 1.74. The largest absolute Gasteiger partial charge is 0.398 e. The van der Waals surface area contributed by atoms with E-state index in [1.807, 2.05) is 4.90 Å². The maximum atomic E-state index is 12.5. The van der Waals surface area contributed by atoms with Gasteiger partial charge >= 0.3 is 0 Å². The van der Waals surface area contributed by atoms with Crippen molar-refractivity contribution in [2.75, 3.05) is 32.0 Å². The third-order valence-corrected chi connectivity index (χ3v) is 4.36. The number of nitrogens with zero attached hydrogens (tertiary/aromatic N) is 2. The van der Waals surface area contributed by atoms with Crippen LogP contribution in [-0.2, 0) is 4.74 Å². The Morgan fingerprint density at radius 2 is 2.16 bits per heavy atom. The summed E-state index contributed by atoms with van der Waals surface area (Å²) in [4.78, 5) is 18.4. The Kier molecular flexibility index (Phi) is 3.14. The Morgan fingerprint density at radius 3 is 2.89 bits per heavy atom. The number of nitrogen functional groups attached to an aromatic ring is 1. The van der Waals surface area contributed by atoms with Gasteiger partial charge in [-0.1, -0.05) is 0 Å². The van der Waals surface area contributed by atoms with Crippen molar-refractivity contribution in [3.8, 4) is 0 Å². The fraction of sp³-hybridized carbons (Fsp3) is 0.571. The number of rotatable bonds is 1. The minimum absolute atomic E-state index is 0.00830. The van der Waals surface area contributed by atoms with Crippen molar-refractivity contribution >= 4 is 11.6 Å². The molecule has 19 heavy (non-hydrogen) atoms. The average molecular weight is 261 g/mol. The highest BCUT2D eigenvalue weighted by molar-refractivity contribution is 5.98. The fourth-order valence-corrected chi connectivity index (χ4v) is 3.08.